The van der Waals surface area contributed by atoms with Gasteiger partial charge in [-0.25, -0.2) is 4.98 Å². The van der Waals surface area contributed by atoms with Gasteiger partial charge in [0.1, 0.15) is 5.75 Å². The van der Waals surface area contributed by atoms with Crippen molar-refractivity contribution in [1.82, 2.24) is 9.55 Å². The summed E-state index contributed by atoms with van der Waals surface area (Å²) in [6.45, 7) is 0. The predicted octanol–water partition coefficient (Wildman–Crippen LogP) is 3.92. The van der Waals surface area contributed by atoms with E-state index in [0.717, 1.165) is 28.6 Å². The molecule has 0 N–H and O–H groups in total. The monoisotopic (exact) mass is 298 g/mol. The first-order chi connectivity index (χ1) is 10.3. The summed E-state index contributed by atoms with van der Waals surface area (Å²) < 4.78 is 7.33. The average molecular weight is 298 g/mol. The minimum atomic E-state index is 0.904. The van der Waals surface area contributed by atoms with Crippen molar-refractivity contribution < 1.29 is 4.74 Å². The summed E-state index contributed by atoms with van der Waals surface area (Å²) in [7, 11) is 3.77. The second kappa shape index (κ2) is 6.22. The Balaban J connectivity index is 1.64. The van der Waals surface area contributed by atoms with E-state index in [2.05, 4.69) is 46.9 Å². The lowest BCUT2D eigenvalue weighted by molar-refractivity contribution is 0.414. The van der Waals surface area contributed by atoms with Gasteiger partial charge in [0.2, 0.25) is 0 Å². The van der Waals surface area contributed by atoms with Crippen LogP contribution in [-0.4, -0.2) is 22.4 Å². The highest BCUT2D eigenvalue weighted by atomic mass is 32.2. The highest BCUT2D eigenvalue weighted by molar-refractivity contribution is 7.99. The standard InChI is InChI=1S/C17H18N2OS/c1-19-16-6-4-3-5-15(16)18-17(19)21-12-11-13-7-9-14(20-2)10-8-13/h3-10H,11-12H2,1-2H3. The molecule has 0 bridgehead atoms. The smallest absolute Gasteiger partial charge is 0.168 e. The summed E-state index contributed by atoms with van der Waals surface area (Å²) in [4.78, 5) is 4.68. The zero-order valence-corrected chi connectivity index (χ0v) is 13.1. The molecule has 3 aromatic rings. The van der Waals surface area contributed by atoms with Crippen LogP contribution in [0.15, 0.2) is 53.7 Å². The number of thioether (sulfide) groups is 1. The molecule has 108 valence electrons. The molecule has 0 saturated heterocycles. The number of ether oxygens (including phenoxy) is 1. The van der Waals surface area contributed by atoms with Crippen LogP contribution in [0.5, 0.6) is 5.75 Å². The molecule has 0 atom stereocenters. The molecule has 0 saturated carbocycles. The van der Waals surface area contributed by atoms with Crippen LogP contribution in [0.1, 0.15) is 5.56 Å². The molecule has 0 spiro atoms. The summed E-state index contributed by atoms with van der Waals surface area (Å²) in [5.41, 5.74) is 3.57. The number of hydrogen-bond donors (Lipinski definition) is 0. The van der Waals surface area contributed by atoms with Crippen molar-refractivity contribution >= 4 is 22.8 Å². The Morgan fingerprint density at radius 2 is 1.86 bits per heavy atom. The van der Waals surface area contributed by atoms with Gasteiger partial charge in [0, 0.05) is 12.8 Å². The topological polar surface area (TPSA) is 27.1 Å². The Morgan fingerprint density at radius 3 is 2.57 bits per heavy atom. The lowest BCUT2D eigenvalue weighted by atomic mass is 10.2. The Labute approximate surface area is 129 Å². The number of benzene rings is 2. The molecule has 0 amide bonds. The summed E-state index contributed by atoms with van der Waals surface area (Å²) in [6, 6.07) is 16.5. The highest BCUT2D eigenvalue weighted by Gasteiger charge is 2.07. The third-order valence-corrected chi connectivity index (χ3v) is 4.56. The number of hydrogen-bond acceptors (Lipinski definition) is 3. The van der Waals surface area contributed by atoms with E-state index in [0.29, 0.717) is 0 Å². The first-order valence-electron chi connectivity index (χ1n) is 6.95. The fraction of sp³-hybridized carbons (Fsp3) is 0.235. The number of rotatable bonds is 5. The fourth-order valence-corrected chi connectivity index (χ4v) is 3.28. The zero-order chi connectivity index (χ0) is 14.7. The average Bonchev–Trinajstić information content (AvgIpc) is 2.85. The molecule has 21 heavy (non-hydrogen) atoms. The number of aromatic nitrogens is 2. The molecule has 1 heterocycles. The van der Waals surface area contributed by atoms with Crippen molar-refractivity contribution in [3.8, 4) is 5.75 Å². The summed E-state index contributed by atoms with van der Waals surface area (Å²) in [5.74, 6) is 1.92. The molecule has 4 heteroatoms. The summed E-state index contributed by atoms with van der Waals surface area (Å²) in [6.07, 6.45) is 1.03. The molecule has 0 radical (unpaired) electrons. The Hall–Kier alpha value is -1.94. The minimum Gasteiger partial charge on any atom is -0.497 e. The Kier molecular flexibility index (Phi) is 4.15. The molecule has 3 nitrogen and oxygen atoms in total. The van der Waals surface area contributed by atoms with Gasteiger partial charge in [0.25, 0.3) is 0 Å². The summed E-state index contributed by atoms with van der Waals surface area (Å²) >= 11 is 1.80. The molecular weight excluding hydrogens is 280 g/mol. The molecule has 0 fully saturated rings. The van der Waals surface area contributed by atoms with Crippen molar-refractivity contribution in [3.05, 3.63) is 54.1 Å². The van der Waals surface area contributed by atoms with Gasteiger partial charge in [0.15, 0.2) is 5.16 Å². The van der Waals surface area contributed by atoms with Crippen LogP contribution < -0.4 is 4.74 Å². The maximum Gasteiger partial charge on any atom is 0.168 e. The van der Waals surface area contributed by atoms with Gasteiger partial charge in [-0.15, -0.1) is 0 Å². The van der Waals surface area contributed by atoms with Crippen LogP contribution in [0.2, 0.25) is 0 Å². The molecular formula is C17H18N2OS. The van der Waals surface area contributed by atoms with Crippen LogP contribution in [0, 0.1) is 0 Å². The van der Waals surface area contributed by atoms with E-state index in [9.17, 15) is 0 Å². The molecule has 1 aromatic heterocycles. The van der Waals surface area contributed by atoms with E-state index in [4.69, 9.17) is 4.74 Å². The van der Waals surface area contributed by atoms with Gasteiger partial charge < -0.3 is 9.30 Å². The second-order valence-electron chi connectivity index (χ2n) is 4.89. The van der Waals surface area contributed by atoms with Crippen molar-refractivity contribution in [1.29, 1.82) is 0 Å². The maximum absolute atomic E-state index is 5.17. The Bertz CT molecular complexity index is 734. The van der Waals surface area contributed by atoms with Crippen LogP contribution in [0.25, 0.3) is 11.0 Å². The molecule has 2 aromatic carbocycles. The van der Waals surface area contributed by atoms with Crippen molar-refractivity contribution in [2.75, 3.05) is 12.9 Å². The van der Waals surface area contributed by atoms with E-state index in [1.54, 1.807) is 18.9 Å². The second-order valence-corrected chi connectivity index (χ2v) is 5.95. The normalized spacial score (nSPS) is 11.0. The third kappa shape index (κ3) is 3.05. The lowest BCUT2D eigenvalue weighted by Crippen LogP contribution is -1.94. The minimum absolute atomic E-state index is 0.904. The first kappa shape index (κ1) is 14.0. The van der Waals surface area contributed by atoms with Gasteiger partial charge in [-0.2, -0.15) is 0 Å². The Morgan fingerprint density at radius 1 is 1.10 bits per heavy atom. The van der Waals surface area contributed by atoms with Gasteiger partial charge in [-0.05, 0) is 36.2 Å². The fourth-order valence-electron chi connectivity index (χ4n) is 2.30. The quantitative estimate of drug-likeness (QED) is 0.668. The molecule has 0 aliphatic rings. The lowest BCUT2D eigenvalue weighted by Gasteiger charge is -2.04. The SMILES string of the molecule is COc1ccc(CCSc2nc3ccccc3n2C)cc1. The van der Waals surface area contributed by atoms with Crippen LogP contribution in [-0.2, 0) is 13.5 Å². The number of aryl methyl sites for hydroxylation is 2. The van der Waals surface area contributed by atoms with Gasteiger partial charge in [-0.3, -0.25) is 0 Å². The van der Waals surface area contributed by atoms with Crippen LogP contribution >= 0.6 is 11.8 Å². The number of para-hydroxylation sites is 2. The van der Waals surface area contributed by atoms with E-state index >= 15 is 0 Å². The van der Waals surface area contributed by atoms with E-state index in [-0.39, 0.29) is 0 Å². The van der Waals surface area contributed by atoms with Crippen LogP contribution in [0.4, 0.5) is 0 Å². The van der Waals surface area contributed by atoms with Gasteiger partial charge in [0.05, 0.1) is 18.1 Å². The molecule has 0 unspecified atom stereocenters. The van der Waals surface area contributed by atoms with Crippen molar-refractivity contribution in [2.45, 2.75) is 11.6 Å². The predicted molar refractivity (Wildman–Crippen MR) is 88.1 cm³/mol. The van der Waals surface area contributed by atoms with Crippen molar-refractivity contribution in [3.63, 3.8) is 0 Å². The first-order valence-corrected chi connectivity index (χ1v) is 7.93. The summed E-state index contributed by atoms with van der Waals surface area (Å²) in [5, 5.41) is 1.07. The van der Waals surface area contributed by atoms with E-state index in [1.807, 2.05) is 18.2 Å². The van der Waals surface area contributed by atoms with Gasteiger partial charge >= 0.3 is 0 Å². The largest absolute Gasteiger partial charge is 0.497 e. The molecule has 3 rings (SSSR count). The van der Waals surface area contributed by atoms with E-state index in [1.165, 1.54) is 11.1 Å². The zero-order valence-electron chi connectivity index (χ0n) is 12.2. The highest BCUT2D eigenvalue weighted by Crippen LogP contribution is 2.23. The third-order valence-electron chi connectivity index (χ3n) is 3.53. The number of fused-ring (bicyclic) bond motifs is 1. The van der Waals surface area contributed by atoms with Gasteiger partial charge in [-0.1, -0.05) is 36.0 Å². The molecule has 0 aliphatic carbocycles. The number of methoxy groups -OCH3 is 1. The number of imidazole rings is 1. The number of nitrogens with zero attached hydrogens (tertiary/aromatic N) is 2. The van der Waals surface area contributed by atoms with Crippen LogP contribution in [0.3, 0.4) is 0 Å². The maximum atomic E-state index is 5.17. The van der Waals surface area contributed by atoms with Crippen molar-refractivity contribution in [2.24, 2.45) is 7.05 Å². The molecule has 0 aliphatic heterocycles. The van der Waals surface area contributed by atoms with E-state index < -0.39 is 0 Å².